The molecule has 0 bridgehead atoms. The van der Waals surface area contributed by atoms with Crippen molar-refractivity contribution in [1.29, 1.82) is 0 Å². The van der Waals surface area contributed by atoms with Gasteiger partial charge in [0.25, 0.3) is 5.91 Å². The van der Waals surface area contributed by atoms with Crippen LogP contribution in [0.25, 0.3) is 0 Å². The number of carbonyl (C=O) groups excluding carboxylic acids is 1. The van der Waals surface area contributed by atoms with Crippen molar-refractivity contribution in [2.24, 2.45) is 22.4 Å². The van der Waals surface area contributed by atoms with Gasteiger partial charge < -0.3 is 4.90 Å². The lowest BCUT2D eigenvalue weighted by molar-refractivity contribution is -0.136. The largest absolute Gasteiger partial charge is 0.311 e. The van der Waals surface area contributed by atoms with Crippen molar-refractivity contribution in [2.75, 3.05) is 6.54 Å². The topological polar surface area (TPSA) is 47.9 Å². The predicted molar refractivity (Wildman–Crippen MR) is 90.5 cm³/mol. The van der Waals surface area contributed by atoms with Crippen molar-refractivity contribution in [3.05, 3.63) is 11.4 Å². The molecule has 3 saturated carbocycles. The molecule has 1 unspecified atom stereocenters. The minimum atomic E-state index is -0.258. The standard InChI is InChI=1S/C19H26N4O/c24-17-16-20-21-18(19(9-10-19)13-7-8-13)23(16)15-4-2-1-3-14(15)22(17)11-12-5-6-12/h12-13,16,20H,1-11H2. The summed E-state index contributed by atoms with van der Waals surface area (Å²) in [4.78, 5) is 17.7. The zero-order valence-electron chi connectivity index (χ0n) is 14.3. The second kappa shape index (κ2) is 4.55. The van der Waals surface area contributed by atoms with Gasteiger partial charge in [-0.15, -0.1) is 0 Å². The van der Waals surface area contributed by atoms with Crippen molar-refractivity contribution in [3.8, 4) is 0 Å². The Labute approximate surface area is 143 Å². The monoisotopic (exact) mass is 326 g/mol. The first-order valence-electron chi connectivity index (χ1n) is 9.94. The highest BCUT2D eigenvalue weighted by Gasteiger charge is 2.62. The molecule has 2 heterocycles. The lowest BCUT2D eigenvalue weighted by Crippen LogP contribution is -2.58. The van der Waals surface area contributed by atoms with Crippen LogP contribution in [-0.4, -0.2) is 34.3 Å². The molecule has 6 aliphatic rings. The number of amidine groups is 1. The molecule has 4 aliphatic carbocycles. The van der Waals surface area contributed by atoms with Crippen LogP contribution < -0.4 is 5.43 Å². The molecule has 0 aromatic rings. The average Bonchev–Trinajstić information content (AvgIpc) is 3.44. The summed E-state index contributed by atoms with van der Waals surface area (Å²) in [6, 6.07) is 0. The summed E-state index contributed by atoms with van der Waals surface area (Å²) in [5.41, 5.74) is 6.28. The second-order valence-corrected chi connectivity index (χ2v) is 8.76. The molecule has 1 amide bonds. The Kier molecular flexibility index (Phi) is 2.61. The number of rotatable bonds is 4. The molecule has 0 aromatic heterocycles. The third kappa shape index (κ3) is 1.81. The SMILES string of the molecule is O=C1C2NN=C(C3(C4CC4)CC3)N2C2=C(CCCC2)N1CC1CC1. The Bertz CT molecular complexity index is 669. The number of fused-ring (bicyclic) bond motifs is 2. The average molecular weight is 326 g/mol. The van der Waals surface area contributed by atoms with E-state index in [9.17, 15) is 4.79 Å². The van der Waals surface area contributed by atoms with Crippen LogP contribution >= 0.6 is 0 Å². The molecule has 0 spiro atoms. The van der Waals surface area contributed by atoms with Gasteiger partial charge in [0.1, 0.15) is 5.84 Å². The lowest BCUT2D eigenvalue weighted by Gasteiger charge is -2.44. The first kappa shape index (κ1) is 13.7. The van der Waals surface area contributed by atoms with Gasteiger partial charge >= 0.3 is 0 Å². The molecule has 0 saturated heterocycles. The van der Waals surface area contributed by atoms with Gasteiger partial charge in [-0.1, -0.05) is 0 Å². The summed E-state index contributed by atoms with van der Waals surface area (Å²) in [6.07, 6.45) is 12.2. The van der Waals surface area contributed by atoms with E-state index in [1.54, 1.807) is 0 Å². The highest BCUT2D eigenvalue weighted by Crippen LogP contribution is 2.63. The van der Waals surface area contributed by atoms with E-state index in [2.05, 4.69) is 15.2 Å². The van der Waals surface area contributed by atoms with Crippen LogP contribution in [0.2, 0.25) is 0 Å². The smallest absolute Gasteiger partial charge is 0.272 e. The molecule has 5 heteroatoms. The number of hydrogen-bond donors (Lipinski definition) is 1. The van der Waals surface area contributed by atoms with Crippen molar-refractivity contribution < 1.29 is 4.79 Å². The Morgan fingerprint density at radius 3 is 2.50 bits per heavy atom. The summed E-state index contributed by atoms with van der Waals surface area (Å²) in [5, 5.41) is 4.76. The Balaban J connectivity index is 1.41. The first-order valence-corrected chi connectivity index (χ1v) is 9.94. The highest BCUT2D eigenvalue weighted by atomic mass is 16.2. The Morgan fingerprint density at radius 1 is 1.08 bits per heavy atom. The van der Waals surface area contributed by atoms with Crippen LogP contribution in [0.3, 0.4) is 0 Å². The van der Waals surface area contributed by atoms with Crippen LogP contribution in [0, 0.1) is 17.3 Å². The van der Waals surface area contributed by atoms with Gasteiger partial charge in [0, 0.05) is 23.4 Å². The fourth-order valence-corrected chi connectivity index (χ4v) is 5.20. The molecule has 128 valence electrons. The summed E-state index contributed by atoms with van der Waals surface area (Å²) in [5.74, 6) is 3.01. The number of nitrogens with zero attached hydrogens (tertiary/aromatic N) is 3. The second-order valence-electron chi connectivity index (χ2n) is 8.76. The van der Waals surface area contributed by atoms with E-state index in [1.807, 2.05) is 0 Å². The quantitative estimate of drug-likeness (QED) is 0.864. The van der Waals surface area contributed by atoms with E-state index in [1.165, 1.54) is 68.6 Å². The van der Waals surface area contributed by atoms with Gasteiger partial charge in [-0.3, -0.25) is 15.1 Å². The number of nitrogens with one attached hydrogen (secondary N) is 1. The summed E-state index contributed by atoms with van der Waals surface area (Å²) in [7, 11) is 0. The molecule has 3 fully saturated rings. The van der Waals surface area contributed by atoms with Crippen LogP contribution in [0.1, 0.15) is 64.2 Å². The van der Waals surface area contributed by atoms with Gasteiger partial charge in [0.05, 0.1) is 0 Å². The molecule has 5 nitrogen and oxygen atoms in total. The van der Waals surface area contributed by atoms with Gasteiger partial charge in [0.2, 0.25) is 6.17 Å². The summed E-state index contributed by atoms with van der Waals surface area (Å²) < 4.78 is 0. The Hall–Kier alpha value is -1.52. The van der Waals surface area contributed by atoms with E-state index in [0.717, 1.165) is 31.2 Å². The number of carbonyl (C=O) groups is 1. The van der Waals surface area contributed by atoms with Crippen LogP contribution in [0.15, 0.2) is 16.5 Å². The number of hydrazone groups is 1. The first-order chi connectivity index (χ1) is 11.8. The molecule has 1 atom stereocenters. The third-order valence-corrected chi connectivity index (χ3v) is 7.04. The van der Waals surface area contributed by atoms with Crippen LogP contribution in [0.5, 0.6) is 0 Å². The predicted octanol–water partition coefficient (Wildman–Crippen LogP) is 2.76. The zero-order valence-corrected chi connectivity index (χ0v) is 14.3. The van der Waals surface area contributed by atoms with E-state index in [-0.39, 0.29) is 12.1 Å². The molecule has 6 rings (SSSR count). The molecular weight excluding hydrogens is 300 g/mol. The molecule has 0 radical (unpaired) electrons. The van der Waals surface area contributed by atoms with Crippen LogP contribution in [-0.2, 0) is 4.79 Å². The molecule has 0 aromatic carbocycles. The van der Waals surface area contributed by atoms with Gasteiger partial charge in [-0.25, -0.2) is 0 Å². The number of amides is 1. The molecule has 24 heavy (non-hydrogen) atoms. The minimum Gasteiger partial charge on any atom is -0.311 e. The number of allylic oxidation sites excluding steroid dienone is 2. The Morgan fingerprint density at radius 2 is 1.83 bits per heavy atom. The zero-order chi connectivity index (χ0) is 15.9. The fraction of sp³-hybridized carbons (Fsp3) is 0.789. The van der Waals surface area contributed by atoms with Crippen molar-refractivity contribution in [3.63, 3.8) is 0 Å². The maximum atomic E-state index is 13.2. The van der Waals surface area contributed by atoms with E-state index in [0.29, 0.717) is 5.41 Å². The normalized spacial score (nSPS) is 33.9. The van der Waals surface area contributed by atoms with Crippen molar-refractivity contribution >= 4 is 11.7 Å². The fourth-order valence-electron chi connectivity index (χ4n) is 5.20. The van der Waals surface area contributed by atoms with Crippen molar-refractivity contribution in [1.82, 2.24) is 15.2 Å². The van der Waals surface area contributed by atoms with Crippen LogP contribution in [0.4, 0.5) is 0 Å². The number of hydrogen-bond acceptors (Lipinski definition) is 4. The van der Waals surface area contributed by atoms with E-state index >= 15 is 0 Å². The summed E-state index contributed by atoms with van der Waals surface area (Å²) in [6.45, 7) is 0.937. The van der Waals surface area contributed by atoms with Gasteiger partial charge in [-0.2, -0.15) is 5.10 Å². The van der Waals surface area contributed by atoms with Gasteiger partial charge in [0.15, 0.2) is 0 Å². The van der Waals surface area contributed by atoms with Gasteiger partial charge in [-0.05, 0) is 76.0 Å². The minimum absolute atomic E-state index is 0.243. The molecular formula is C19H26N4O. The maximum absolute atomic E-state index is 13.2. The third-order valence-electron chi connectivity index (χ3n) is 7.04. The molecule has 2 aliphatic heterocycles. The van der Waals surface area contributed by atoms with E-state index < -0.39 is 0 Å². The van der Waals surface area contributed by atoms with Crippen molar-refractivity contribution in [2.45, 2.75) is 70.4 Å². The summed E-state index contributed by atoms with van der Waals surface area (Å²) >= 11 is 0. The lowest BCUT2D eigenvalue weighted by atomic mass is 9.92. The molecule has 1 N–H and O–H groups in total. The maximum Gasteiger partial charge on any atom is 0.272 e. The van der Waals surface area contributed by atoms with E-state index in [4.69, 9.17) is 5.10 Å². The highest BCUT2D eigenvalue weighted by molar-refractivity contribution is 6.00.